The van der Waals surface area contributed by atoms with Crippen molar-refractivity contribution in [2.45, 2.75) is 50.6 Å². The molecule has 3 rings (SSSR count). The molecule has 0 spiro atoms. The zero-order valence-electron chi connectivity index (χ0n) is 19.1. The van der Waals surface area contributed by atoms with Gasteiger partial charge in [-0.3, -0.25) is 0 Å². The van der Waals surface area contributed by atoms with Crippen LogP contribution in [0.3, 0.4) is 0 Å². The van der Waals surface area contributed by atoms with Crippen LogP contribution in [0.1, 0.15) is 39.2 Å². The minimum atomic E-state index is -3.58. The first-order chi connectivity index (χ1) is 15.4. The third-order valence-electron chi connectivity index (χ3n) is 5.36. The highest BCUT2D eigenvalue weighted by Crippen LogP contribution is 2.31. The lowest BCUT2D eigenvalue weighted by Gasteiger charge is -2.32. The van der Waals surface area contributed by atoms with E-state index < -0.39 is 21.8 Å². The van der Waals surface area contributed by atoms with E-state index in [-0.39, 0.29) is 17.7 Å². The monoisotopic (exact) mass is 456 g/mol. The topological polar surface area (TPSA) is 77.3 Å². The molecule has 0 aromatic heterocycles. The van der Waals surface area contributed by atoms with E-state index >= 15 is 0 Å². The van der Waals surface area contributed by atoms with Gasteiger partial charge in [-0.1, -0.05) is 62.4 Å². The average Bonchev–Trinajstić information content (AvgIpc) is 2.79. The smallest absolute Gasteiger partial charge is 0.210 e. The van der Waals surface area contributed by atoms with Crippen molar-refractivity contribution in [1.82, 2.24) is 0 Å². The maximum absolute atomic E-state index is 13.3. The summed E-state index contributed by atoms with van der Waals surface area (Å²) in [7, 11) is -3.58. The SMILES string of the molecule is CCOC1=N[C@H](C(C)C)C(OCC)=N[C@H]1[C@@H](CS(=O)(=O)c1ccccc1)c1ccccc1. The minimum Gasteiger partial charge on any atom is -0.480 e. The van der Waals surface area contributed by atoms with Gasteiger partial charge in [0.1, 0.15) is 12.1 Å². The summed E-state index contributed by atoms with van der Waals surface area (Å²) in [4.78, 5) is 10.0. The van der Waals surface area contributed by atoms with Crippen LogP contribution in [0.5, 0.6) is 0 Å². The molecule has 0 saturated heterocycles. The summed E-state index contributed by atoms with van der Waals surface area (Å²) < 4.78 is 38.5. The Morgan fingerprint density at radius 3 is 1.84 bits per heavy atom. The summed E-state index contributed by atoms with van der Waals surface area (Å²) in [5.74, 6) is 0.573. The first kappa shape index (κ1) is 24.0. The van der Waals surface area contributed by atoms with Crippen molar-refractivity contribution in [3.8, 4) is 0 Å². The molecule has 0 saturated carbocycles. The number of nitrogens with zero attached hydrogens (tertiary/aromatic N) is 2. The van der Waals surface area contributed by atoms with Crippen LogP contribution < -0.4 is 0 Å². The molecular formula is C25H32N2O4S. The Hall–Kier alpha value is -2.67. The predicted octanol–water partition coefficient (Wildman–Crippen LogP) is 4.52. The van der Waals surface area contributed by atoms with Gasteiger partial charge in [-0.25, -0.2) is 18.4 Å². The van der Waals surface area contributed by atoms with Gasteiger partial charge in [-0.2, -0.15) is 0 Å². The van der Waals surface area contributed by atoms with Crippen molar-refractivity contribution in [1.29, 1.82) is 0 Å². The molecule has 3 atom stereocenters. The first-order valence-electron chi connectivity index (χ1n) is 11.1. The van der Waals surface area contributed by atoms with E-state index in [1.54, 1.807) is 30.3 Å². The van der Waals surface area contributed by atoms with Crippen LogP contribution in [0.15, 0.2) is 75.5 Å². The van der Waals surface area contributed by atoms with E-state index in [0.717, 1.165) is 5.56 Å². The molecule has 0 bridgehead atoms. The Morgan fingerprint density at radius 1 is 0.812 bits per heavy atom. The Labute approximate surface area is 191 Å². The fourth-order valence-electron chi connectivity index (χ4n) is 3.81. The molecule has 2 aromatic rings. The van der Waals surface area contributed by atoms with E-state index in [9.17, 15) is 8.42 Å². The van der Waals surface area contributed by atoms with Crippen LogP contribution in [0.2, 0.25) is 0 Å². The number of sulfone groups is 1. The van der Waals surface area contributed by atoms with E-state index in [1.807, 2.05) is 44.2 Å². The second kappa shape index (κ2) is 10.8. The Morgan fingerprint density at radius 2 is 1.31 bits per heavy atom. The quantitative estimate of drug-likeness (QED) is 0.585. The van der Waals surface area contributed by atoms with Gasteiger partial charge in [0.15, 0.2) is 9.84 Å². The van der Waals surface area contributed by atoms with Crippen LogP contribution in [0, 0.1) is 5.92 Å². The van der Waals surface area contributed by atoms with Crippen LogP contribution in [0.25, 0.3) is 0 Å². The van der Waals surface area contributed by atoms with Crippen LogP contribution in [-0.4, -0.2) is 51.3 Å². The number of ether oxygens (including phenoxy) is 2. The third kappa shape index (κ3) is 5.57. The molecule has 0 N–H and O–H groups in total. The molecule has 0 unspecified atom stereocenters. The number of rotatable bonds is 8. The second-order valence-corrected chi connectivity index (χ2v) is 10.1. The maximum Gasteiger partial charge on any atom is 0.210 e. The van der Waals surface area contributed by atoms with Gasteiger partial charge < -0.3 is 9.47 Å². The molecule has 7 heteroatoms. The van der Waals surface area contributed by atoms with Gasteiger partial charge in [0.05, 0.1) is 23.9 Å². The van der Waals surface area contributed by atoms with Crippen molar-refractivity contribution in [2.24, 2.45) is 15.9 Å². The molecule has 172 valence electrons. The number of hydrogen-bond acceptors (Lipinski definition) is 6. The summed E-state index contributed by atoms with van der Waals surface area (Å²) >= 11 is 0. The van der Waals surface area contributed by atoms with Crippen molar-refractivity contribution in [2.75, 3.05) is 19.0 Å². The van der Waals surface area contributed by atoms with Crippen LogP contribution in [-0.2, 0) is 19.3 Å². The van der Waals surface area contributed by atoms with Gasteiger partial charge in [-0.15, -0.1) is 0 Å². The van der Waals surface area contributed by atoms with Crippen molar-refractivity contribution >= 4 is 21.6 Å². The summed E-state index contributed by atoms with van der Waals surface area (Å²) in [6, 6.07) is 17.3. The lowest BCUT2D eigenvalue weighted by Crippen LogP contribution is -2.42. The zero-order chi connectivity index (χ0) is 23.1. The van der Waals surface area contributed by atoms with Gasteiger partial charge in [0, 0.05) is 5.92 Å². The number of aliphatic imine (C=N–C) groups is 2. The summed E-state index contributed by atoms with van der Waals surface area (Å²) in [5, 5.41) is 0. The highest BCUT2D eigenvalue weighted by Gasteiger charge is 2.39. The lowest BCUT2D eigenvalue weighted by atomic mass is 9.91. The fraction of sp³-hybridized carbons (Fsp3) is 0.440. The normalized spacial score (nSPS) is 19.8. The highest BCUT2D eigenvalue weighted by molar-refractivity contribution is 7.91. The first-order valence-corrected chi connectivity index (χ1v) is 12.8. The van der Waals surface area contributed by atoms with Crippen LogP contribution in [0.4, 0.5) is 0 Å². The molecule has 1 aliphatic rings. The molecule has 0 radical (unpaired) electrons. The Kier molecular flexibility index (Phi) is 8.07. The summed E-state index contributed by atoms with van der Waals surface area (Å²) in [5.41, 5.74) is 0.868. The summed E-state index contributed by atoms with van der Waals surface area (Å²) in [6.45, 7) is 8.80. The van der Waals surface area contributed by atoms with Crippen molar-refractivity contribution < 1.29 is 17.9 Å². The molecule has 0 amide bonds. The van der Waals surface area contributed by atoms with E-state index in [1.165, 1.54) is 0 Å². The third-order valence-corrected chi connectivity index (χ3v) is 7.15. The molecule has 6 nitrogen and oxygen atoms in total. The minimum absolute atomic E-state index is 0.118. The van der Waals surface area contributed by atoms with Gasteiger partial charge >= 0.3 is 0 Å². The molecular weight excluding hydrogens is 424 g/mol. The van der Waals surface area contributed by atoms with Gasteiger partial charge in [-0.05, 0) is 37.5 Å². The Balaban J connectivity index is 2.09. The van der Waals surface area contributed by atoms with Gasteiger partial charge in [0.2, 0.25) is 11.8 Å². The zero-order valence-corrected chi connectivity index (χ0v) is 20.0. The standard InChI is InChI=1S/C25H32N2O4S/c1-5-30-24-22(18(3)4)26-25(31-6-2)23(27-24)21(19-13-9-7-10-14-19)17-32(28,29)20-15-11-8-12-16-20/h7-16,18,21-23H,5-6,17H2,1-4H3/t21-,22+,23-/m0/s1. The van der Waals surface area contributed by atoms with E-state index in [4.69, 9.17) is 19.5 Å². The molecule has 0 aliphatic carbocycles. The predicted molar refractivity (Wildman–Crippen MR) is 128 cm³/mol. The lowest BCUT2D eigenvalue weighted by molar-refractivity contribution is 0.272. The second-order valence-electron chi connectivity index (χ2n) is 8.05. The maximum atomic E-state index is 13.3. The molecule has 1 heterocycles. The molecule has 2 aromatic carbocycles. The largest absolute Gasteiger partial charge is 0.480 e. The Bertz CT molecular complexity index is 1030. The van der Waals surface area contributed by atoms with Crippen LogP contribution >= 0.6 is 0 Å². The number of hydrogen-bond donors (Lipinski definition) is 0. The summed E-state index contributed by atoms with van der Waals surface area (Å²) in [6.07, 6.45) is 0. The highest BCUT2D eigenvalue weighted by atomic mass is 32.2. The van der Waals surface area contributed by atoms with E-state index in [0.29, 0.717) is 29.9 Å². The average molecular weight is 457 g/mol. The van der Waals surface area contributed by atoms with Crippen molar-refractivity contribution in [3.63, 3.8) is 0 Å². The van der Waals surface area contributed by atoms with E-state index in [2.05, 4.69) is 13.8 Å². The molecule has 0 fully saturated rings. The molecule has 32 heavy (non-hydrogen) atoms. The van der Waals surface area contributed by atoms with Crippen molar-refractivity contribution in [3.05, 3.63) is 66.2 Å². The fourth-order valence-corrected chi connectivity index (χ4v) is 5.42. The van der Waals surface area contributed by atoms with Gasteiger partial charge in [0.25, 0.3) is 0 Å². The molecule has 1 aliphatic heterocycles. The number of benzene rings is 2.